The van der Waals surface area contributed by atoms with Crippen molar-refractivity contribution in [3.05, 3.63) is 136 Å². The predicted molar refractivity (Wildman–Crippen MR) is 160 cm³/mol. The van der Waals surface area contributed by atoms with Gasteiger partial charge in [0.2, 0.25) is 0 Å². The van der Waals surface area contributed by atoms with Crippen molar-refractivity contribution >= 4 is 40.9 Å². The average molecular weight is 608 g/mol. The van der Waals surface area contributed by atoms with Crippen LogP contribution in [0.5, 0.6) is 5.75 Å². The topological polar surface area (TPSA) is 69.0 Å². The second-order valence-electron chi connectivity index (χ2n) is 9.10. The number of thioether (sulfide) groups is 1. The van der Waals surface area contributed by atoms with Crippen LogP contribution in [0.2, 0.25) is 10.0 Å². The molecular formula is C31H25Cl2FN4O2S. The van der Waals surface area contributed by atoms with Crippen molar-refractivity contribution in [3.8, 4) is 11.4 Å². The number of carbonyl (C=O) groups is 1. The molecule has 1 N–H and O–H groups in total. The van der Waals surface area contributed by atoms with Crippen LogP contribution in [0.4, 0.5) is 4.39 Å². The maximum atomic E-state index is 13.4. The van der Waals surface area contributed by atoms with Crippen molar-refractivity contribution in [2.45, 2.75) is 23.4 Å². The standard InChI is InChI=1S/C31H25Cl2FN4O2S/c32-23-13-16-28(26(33)18-23)38-30(36-37-31(38)41-20-22-11-14-24(34)15-12-22)27(17-21-7-3-1-4-8-21)35-29(39)19-40-25-9-5-2-6-10-25/h1-16,18,27H,17,19-20H2,(H,35,39). The van der Waals surface area contributed by atoms with Gasteiger partial charge in [-0.15, -0.1) is 10.2 Å². The molecule has 0 aliphatic carbocycles. The normalized spacial score (nSPS) is 11.7. The molecule has 1 unspecified atom stereocenters. The number of aromatic nitrogens is 3. The molecule has 10 heteroatoms. The van der Waals surface area contributed by atoms with Crippen LogP contribution in [0.3, 0.4) is 0 Å². The predicted octanol–water partition coefficient (Wildman–Crippen LogP) is 7.48. The van der Waals surface area contributed by atoms with E-state index in [2.05, 4.69) is 15.5 Å². The molecule has 1 amide bonds. The Balaban J connectivity index is 1.48. The number of para-hydroxylation sites is 1. The van der Waals surface area contributed by atoms with E-state index in [1.807, 2.05) is 53.1 Å². The highest BCUT2D eigenvalue weighted by Gasteiger charge is 2.26. The second-order valence-corrected chi connectivity index (χ2v) is 10.9. The van der Waals surface area contributed by atoms with Gasteiger partial charge in [0, 0.05) is 10.8 Å². The van der Waals surface area contributed by atoms with Gasteiger partial charge in [0.1, 0.15) is 11.6 Å². The molecule has 0 saturated heterocycles. The van der Waals surface area contributed by atoms with E-state index in [1.165, 1.54) is 23.9 Å². The number of rotatable bonds is 11. The van der Waals surface area contributed by atoms with Crippen LogP contribution in [-0.4, -0.2) is 27.3 Å². The third-order valence-electron chi connectivity index (χ3n) is 6.13. The van der Waals surface area contributed by atoms with Gasteiger partial charge in [-0.3, -0.25) is 9.36 Å². The van der Waals surface area contributed by atoms with Crippen molar-refractivity contribution < 1.29 is 13.9 Å². The highest BCUT2D eigenvalue weighted by molar-refractivity contribution is 7.98. The SMILES string of the molecule is O=C(COc1ccccc1)NC(Cc1ccccc1)c1nnc(SCc2ccc(F)cc2)n1-c1ccc(Cl)cc1Cl. The molecule has 1 atom stereocenters. The molecule has 1 aromatic heterocycles. The van der Waals surface area contributed by atoms with Gasteiger partial charge in [0.15, 0.2) is 17.6 Å². The molecule has 4 aromatic carbocycles. The minimum absolute atomic E-state index is 0.169. The summed E-state index contributed by atoms with van der Waals surface area (Å²) < 4.78 is 21.0. The number of nitrogens with one attached hydrogen (secondary N) is 1. The Morgan fingerprint density at radius 2 is 1.61 bits per heavy atom. The lowest BCUT2D eigenvalue weighted by Crippen LogP contribution is -2.35. The molecule has 5 rings (SSSR count). The first-order chi connectivity index (χ1) is 20.0. The van der Waals surface area contributed by atoms with Gasteiger partial charge < -0.3 is 10.1 Å². The Kier molecular flexibility index (Phi) is 9.56. The fourth-order valence-corrected chi connectivity index (χ4v) is 5.58. The first kappa shape index (κ1) is 28.7. The number of nitrogens with zero attached hydrogens (tertiary/aromatic N) is 3. The lowest BCUT2D eigenvalue weighted by molar-refractivity contribution is -0.123. The molecule has 0 spiro atoms. The van der Waals surface area contributed by atoms with E-state index >= 15 is 0 Å². The summed E-state index contributed by atoms with van der Waals surface area (Å²) in [6, 6.07) is 29.8. The summed E-state index contributed by atoms with van der Waals surface area (Å²) in [5, 5.41) is 13.5. The van der Waals surface area contributed by atoms with Crippen LogP contribution < -0.4 is 10.1 Å². The van der Waals surface area contributed by atoms with Crippen LogP contribution in [0.1, 0.15) is 23.0 Å². The molecule has 41 heavy (non-hydrogen) atoms. The van der Waals surface area contributed by atoms with E-state index in [9.17, 15) is 9.18 Å². The molecule has 5 aromatic rings. The Labute approximate surface area is 251 Å². The maximum absolute atomic E-state index is 13.4. The van der Waals surface area contributed by atoms with E-state index in [4.69, 9.17) is 27.9 Å². The Bertz CT molecular complexity index is 1600. The van der Waals surface area contributed by atoms with Crippen LogP contribution >= 0.6 is 35.0 Å². The molecule has 0 bridgehead atoms. The quantitative estimate of drug-likeness (QED) is 0.158. The maximum Gasteiger partial charge on any atom is 0.258 e. The van der Waals surface area contributed by atoms with Gasteiger partial charge in [-0.25, -0.2) is 4.39 Å². The zero-order valence-corrected chi connectivity index (χ0v) is 24.0. The monoisotopic (exact) mass is 606 g/mol. The van der Waals surface area contributed by atoms with Crippen molar-refractivity contribution in [2.75, 3.05) is 6.61 Å². The number of halogens is 3. The third kappa shape index (κ3) is 7.67. The third-order valence-corrected chi connectivity index (χ3v) is 7.67. The smallest absolute Gasteiger partial charge is 0.258 e. The van der Waals surface area contributed by atoms with Gasteiger partial charge in [-0.1, -0.05) is 95.6 Å². The molecule has 1 heterocycles. The first-order valence-corrected chi connectivity index (χ1v) is 14.5. The molecule has 0 fully saturated rings. The van der Waals surface area contributed by atoms with E-state index in [1.54, 1.807) is 42.5 Å². The number of hydrogen-bond acceptors (Lipinski definition) is 5. The van der Waals surface area contributed by atoms with Crippen molar-refractivity contribution in [1.82, 2.24) is 20.1 Å². The summed E-state index contributed by atoms with van der Waals surface area (Å²) in [6.07, 6.45) is 0.448. The van der Waals surface area contributed by atoms with Crippen LogP contribution in [0.25, 0.3) is 5.69 Å². The Morgan fingerprint density at radius 1 is 0.902 bits per heavy atom. The second kappa shape index (κ2) is 13.7. The average Bonchev–Trinajstić information content (AvgIpc) is 3.40. The molecule has 0 radical (unpaired) electrons. The fraction of sp³-hybridized carbons (Fsp3) is 0.129. The lowest BCUT2D eigenvalue weighted by Gasteiger charge is -2.21. The van der Waals surface area contributed by atoms with Crippen molar-refractivity contribution in [3.63, 3.8) is 0 Å². The summed E-state index contributed by atoms with van der Waals surface area (Å²) in [6.45, 7) is -0.169. The lowest BCUT2D eigenvalue weighted by atomic mass is 10.0. The summed E-state index contributed by atoms with van der Waals surface area (Å²) in [4.78, 5) is 13.1. The number of hydrogen-bond donors (Lipinski definition) is 1. The van der Waals surface area contributed by atoms with E-state index < -0.39 is 6.04 Å². The van der Waals surface area contributed by atoms with E-state index in [0.29, 0.717) is 44.6 Å². The van der Waals surface area contributed by atoms with Gasteiger partial charge in [0.05, 0.1) is 16.8 Å². The molecule has 208 valence electrons. The van der Waals surface area contributed by atoms with Crippen LogP contribution in [-0.2, 0) is 17.0 Å². The minimum Gasteiger partial charge on any atom is -0.484 e. The Morgan fingerprint density at radius 3 is 2.32 bits per heavy atom. The molecule has 6 nitrogen and oxygen atoms in total. The van der Waals surface area contributed by atoms with Crippen molar-refractivity contribution in [2.24, 2.45) is 0 Å². The molecule has 0 aliphatic heterocycles. The van der Waals surface area contributed by atoms with Crippen molar-refractivity contribution in [1.29, 1.82) is 0 Å². The van der Waals surface area contributed by atoms with Crippen LogP contribution in [0, 0.1) is 5.82 Å². The van der Waals surface area contributed by atoms with Gasteiger partial charge in [-0.2, -0.15) is 0 Å². The highest BCUT2D eigenvalue weighted by Crippen LogP contribution is 2.33. The fourth-order valence-electron chi connectivity index (χ4n) is 4.18. The van der Waals surface area contributed by atoms with Gasteiger partial charge in [-0.05, 0) is 60.0 Å². The highest BCUT2D eigenvalue weighted by atomic mass is 35.5. The van der Waals surface area contributed by atoms with Gasteiger partial charge >= 0.3 is 0 Å². The van der Waals surface area contributed by atoms with Crippen LogP contribution in [0.15, 0.2) is 108 Å². The summed E-state index contributed by atoms with van der Waals surface area (Å²) in [5.41, 5.74) is 2.53. The summed E-state index contributed by atoms with van der Waals surface area (Å²) >= 11 is 14.3. The van der Waals surface area contributed by atoms with E-state index in [0.717, 1.165) is 11.1 Å². The zero-order chi connectivity index (χ0) is 28.6. The van der Waals surface area contributed by atoms with E-state index in [-0.39, 0.29) is 18.3 Å². The summed E-state index contributed by atoms with van der Waals surface area (Å²) in [7, 11) is 0. The largest absolute Gasteiger partial charge is 0.484 e. The Hall–Kier alpha value is -3.85. The number of carbonyl (C=O) groups excluding carboxylic acids is 1. The molecular weight excluding hydrogens is 582 g/mol. The molecule has 0 aliphatic rings. The minimum atomic E-state index is -0.566. The molecule has 0 saturated carbocycles. The summed E-state index contributed by atoms with van der Waals surface area (Å²) in [5.74, 6) is 0.995. The zero-order valence-electron chi connectivity index (χ0n) is 21.7. The number of amides is 1. The van der Waals surface area contributed by atoms with Gasteiger partial charge in [0.25, 0.3) is 5.91 Å². The number of benzene rings is 4. The first-order valence-electron chi connectivity index (χ1n) is 12.8. The number of ether oxygens (including phenoxy) is 1.